The Labute approximate surface area is 392 Å². The number of nitrogens with one attached hydrogen (secondary N) is 2. The first kappa shape index (κ1) is 59.3. The number of esters is 2. The third-order valence-electron chi connectivity index (χ3n) is 11.6. The van der Waals surface area contributed by atoms with E-state index >= 15 is 0 Å². The number of hydrogen-bond donors (Lipinski definition) is 4. The van der Waals surface area contributed by atoms with Gasteiger partial charge in [0, 0.05) is 30.8 Å². The number of unbranched alkanes of at least 4 members (excludes halogenated alkanes) is 27. The van der Waals surface area contributed by atoms with Gasteiger partial charge in [-0.25, -0.2) is 4.68 Å². The molecule has 0 radical (unpaired) electrons. The van der Waals surface area contributed by atoms with Gasteiger partial charge in [0.15, 0.2) is 5.82 Å². The molecule has 1 aromatic heterocycles. The van der Waals surface area contributed by atoms with Crippen LogP contribution in [-0.4, -0.2) is 91.9 Å². The van der Waals surface area contributed by atoms with Crippen molar-refractivity contribution < 1.29 is 38.9 Å². The molecule has 0 bridgehead atoms. The zero-order valence-electron chi connectivity index (χ0n) is 40.8. The molecule has 4 N–H and O–H groups in total. The van der Waals surface area contributed by atoms with E-state index in [0.717, 1.165) is 64.2 Å². The lowest BCUT2D eigenvalue weighted by molar-refractivity contribution is -0.157. The van der Waals surface area contributed by atoms with Gasteiger partial charge in [0.1, 0.15) is 18.8 Å². The zero-order chi connectivity index (χ0) is 46.7. The summed E-state index contributed by atoms with van der Waals surface area (Å²) in [4.78, 5) is 52.6. The lowest BCUT2D eigenvalue weighted by Crippen LogP contribution is -2.45. The summed E-state index contributed by atoms with van der Waals surface area (Å²) < 4.78 is 12.9. The lowest BCUT2D eigenvalue weighted by atomic mass is 10.1. The topological polar surface area (TPSA) is 182 Å². The molecule has 0 fully saturated rings. The quantitative estimate of drug-likeness (QED) is 0.0361. The SMILES string of the molecule is CCCCCCCCCCCCC(=O)N[C@H](CSC[C@@H](COC(=O)CCCCCCCCCCCC)OC(=O)CCCCCCCCCCCC)C(=O)Nc1cn(C[C@@H](O)CO)nn1. The van der Waals surface area contributed by atoms with Crippen molar-refractivity contribution >= 4 is 41.3 Å². The van der Waals surface area contributed by atoms with Gasteiger partial charge in [-0.3, -0.25) is 19.2 Å². The van der Waals surface area contributed by atoms with Crippen LogP contribution in [0.2, 0.25) is 0 Å². The molecule has 0 saturated carbocycles. The first-order valence-electron chi connectivity index (χ1n) is 25.9. The van der Waals surface area contributed by atoms with E-state index in [4.69, 9.17) is 9.47 Å². The Morgan fingerprint density at radius 1 is 0.625 bits per heavy atom. The van der Waals surface area contributed by atoms with Crippen LogP contribution in [0.3, 0.4) is 0 Å². The molecule has 2 amide bonds. The highest BCUT2D eigenvalue weighted by molar-refractivity contribution is 7.99. The number of hydrogen-bond acceptors (Lipinski definition) is 11. The fourth-order valence-corrected chi connectivity index (χ4v) is 8.64. The van der Waals surface area contributed by atoms with Crippen molar-refractivity contribution in [1.82, 2.24) is 20.3 Å². The van der Waals surface area contributed by atoms with Crippen molar-refractivity contribution in [3.05, 3.63) is 6.20 Å². The minimum absolute atomic E-state index is 0.00260. The minimum atomic E-state index is -1.03. The Morgan fingerprint density at radius 3 is 1.53 bits per heavy atom. The van der Waals surface area contributed by atoms with E-state index in [0.29, 0.717) is 19.3 Å². The summed E-state index contributed by atoms with van der Waals surface area (Å²) in [5, 5.41) is 32.5. The number of nitrogens with zero attached hydrogens (tertiary/aromatic N) is 3. The number of thioether (sulfide) groups is 1. The van der Waals surface area contributed by atoms with E-state index in [9.17, 15) is 29.4 Å². The molecule has 0 aliphatic rings. The maximum Gasteiger partial charge on any atom is 0.306 e. The second-order valence-corrected chi connectivity index (χ2v) is 19.0. The van der Waals surface area contributed by atoms with Crippen molar-refractivity contribution in [2.45, 2.75) is 257 Å². The summed E-state index contributed by atoms with van der Waals surface area (Å²) in [6.07, 6.45) is 35.4. The summed E-state index contributed by atoms with van der Waals surface area (Å²) in [7, 11) is 0. The summed E-state index contributed by atoms with van der Waals surface area (Å²) in [5.41, 5.74) is 0. The fraction of sp³-hybridized carbons (Fsp3) is 0.880. The first-order chi connectivity index (χ1) is 31.2. The number of ether oxygens (including phenoxy) is 2. The standard InChI is InChI=1S/C50H93N5O8S/c1-4-7-10-13-16-19-22-25-28-31-34-47(58)51-45(50(61)52-46-38-55(54-53-46)37-43(57)39-56)42-64-41-44(63-49(60)36-33-30-27-24-21-18-15-12-9-6-3)40-62-48(59)35-32-29-26-23-20-17-14-11-8-5-2/h38,43-45,56-57H,4-37,39-42H2,1-3H3,(H,51,58)(H,52,61)/t43-,44-,45-/m1/s1. The Kier molecular flexibility index (Phi) is 39.8. The van der Waals surface area contributed by atoms with Crippen molar-refractivity contribution in [3.8, 4) is 0 Å². The van der Waals surface area contributed by atoms with Crippen LogP contribution < -0.4 is 10.6 Å². The van der Waals surface area contributed by atoms with Crippen LogP contribution in [-0.2, 0) is 35.2 Å². The molecule has 13 nitrogen and oxygen atoms in total. The molecule has 1 heterocycles. The molecule has 0 unspecified atom stereocenters. The zero-order valence-corrected chi connectivity index (χ0v) is 41.6. The molecule has 64 heavy (non-hydrogen) atoms. The number of carbonyl (C=O) groups is 4. The highest BCUT2D eigenvalue weighted by Gasteiger charge is 2.24. The van der Waals surface area contributed by atoms with Crippen molar-refractivity contribution in [3.63, 3.8) is 0 Å². The fourth-order valence-electron chi connectivity index (χ4n) is 7.60. The molecule has 372 valence electrons. The maximum absolute atomic E-state index is 13.6. The average molecular weight is 924 g/mol. The average Bonchev–Trinajstić information content (AvgIpc) is 3.72. The number of aromatic nitrogens is 3. The van der Waals surface area contributed by atoms with Crippen LogP contribution in [0.5, 0.6) is 0 Å². The number of amides is 2. The number of aliphatic hydroxyl groups is 2. The molecular formula is C50H93N5O8S. The number of rotatable bonds is 46. The predicted octanol–water partition coefficient (Wildman–Crippen LogP) is 11.2. The molecule has 14 heteroatoms. The van der Waals surface area contributed by atoms with Crippen LogP contribution in [0.15, 0.2) is 6.20 Å². The van der Waals surface area contributed by atoms with Gasteiger partial charge in [-0.05, 0) is 19.3 Å². The molecular weight excluding hydrogens is 831 g/mol. The number of carbonyl (C=O) groups excluding carboxylic acids is 4. The Balaban J connectivity index is 2.80. The van der Waals surface area contributed by atoms with Crippen LogP contribution >= 0.6 is 11.8 Å². The van der Waals surface area contributed by atoms with Crippen molar-refractivity contribution in [2.24, 2.45) is 0 Å². The van der Waals surface area contributed by atoms with Crippen LogP contribution in [0.25, 0.3) is 0 Å². The molecule has 1 rings (SSSR count). The maximum atomic E-state index is 13.6. The van der Waals surface area contributed by atoms with Crippen LogP contribution in [0, 0.1) is 0 Å². The largest absolute Gasteiger partial charge is 0.462 e. The van der Waals surface area contributed by atoms with Gasteiger partial charge in [-0.15, -0.1) is 5.10 Å². The van der Waals surface area contributed by atoms with Crippen molar-refractivity contribution in [1.29, 1.82) is 0 Å². The smallest absolute Gasteiger partial charge is 0.306 e. The van der Waals surface area contributed by atoms with E-state index in [1.54, 1.807) is 0 Å². The van der Waals surface area contributed by atoms with Crippen LogP contribution in [0.1, 0.15) is 233 Å². The van der Waals surface area contributed by atoms with E-state index in [2.05, 4.69) is 41.7 Å². The van der Waals surface area contributed by atoms with E-state index in [-0.39, 0.29) is 48.3 Å². The predicted molar refractivity (Wildman–Crippen MR) is 261 cm³/mol. The second-order valence-electron chi connectivity index (χ2n) is 17.9. The number of aliphatic hydroxyl groups excluding tert-OH is 2. The Morgan fingerprint density at radius 2 is 1.06 bits per heavy atom. The van der Waals surface area contributed by atoms with Gasteiger partial charge in [0.25, 0.3) is 0 Å². The molecule has 3 atom stereocenters. The van der Waals surface area contributed by atoms with Crippen molar-refractivity contribution in [2.75, 3.05) is 30.0 Å². The highest BCUT2D eigenvalue weighted by atomic mass is 32.2. The molecule has 0 aliphatic carbocycles. The molecule has 0 saturated heterocycles. The van der Waals surface area contributed by atoms with Gasteiger partial charge in [0.2, 0.25) is 11.8 Å². The molecule has 1 aromatic rings. The third kappa shape index (κ3) is 35.5. The summed E-state index contributed by atoms with van der Waals surface area (Å²) in [5.74, 6) is -0.774. The normalized spacial score (nSPS) is 12.8. The monoisotopic (exact) mass is 924 g/mol. The van der Waals surface area contributed by atoms with Gasteiger partial charge in [-0.2, -0.15) is 11.8 Å². The Hall–Kier alpha value is -2.71. The summed E-state index contributed by atoms with van der Waals surface area (Å²) >= 11 is 1.34. The van der Waals surface area contributed by atoms with Gasteiger partial charge < -0.3 is 30.3 Å². The molecule has 0 spiro atoms. The molecule has 0 aliphatic heterocycles. The Bertz CT molecular complexity index is 1290. The minimum Gasteiger partial charge on any atom is -0.462 e. The van der Waals surface area contributed by atoms with Crippen LogP contribution in [0.4, 0.5) is 5.82 Å². The van der Waals surface area contributed by atoms with E-state index in [1.807, 2.05) is 0 Å². The van der Waals surface area contributed by atoms with E-state index in [1.165, 1.54) is 151 Å². The first-order valence-corrected chi connectivity index (χ1v) is 27.1. The van der Waals surface area contributed by atoms with Gasteiger partial charge >= 0.3 is 11.9 Å². The molecule has 0 aromatic carbocycles. The second kappa shape index (κ2) is 42.9. The highest BCUT2D eigenvalue weighted by Crippen LogP contribution is 2.17. The van der Waals surface area contributed by atoms with E-state index < -0.39 is 30.8 Å². The number of anilines is 1. The van der Waals surface area contributed by atoms with Gasteiger partial charge in [-0.1, -0.05) is 199 Å². The van der Waals surface area contributed by atoms with Gasteiger partial charge in [0.05, 0.1) is 25.5 Å². The third-order valence-corrected chi connectivity index (χ3v) is 12.8. The lowest BCUT2D eigenvalue weighted by Gasteiger charge is -2.21. The summed E-state index contributed by atoms with van der Waals surface area (Å²) in [6.45, 7) is 6.16. The summed E-state index contributed by atoms with van der Waals surface area (Å²) in [6, 6.07) is -0.935.